The number of sulfone groups is 1. The third-order valence-corrected chi connectivity index (χ3v) is 9.73. The van der Waals surface area contributed by atoms with E-state index in [2.05, 4.69) is 11.8 Å². The van der Waals surface area contributed by atoms with Gasteiger partial charge in [-0.2, -0.15) is 0 Å². The second kappa shape index (κ2) is 10.2. The number of amides is 1. The second-order valence-electron chi connectivity index (χ2n) is 8.10. The van der Waals surface area contributed by atoms with Crippen molar-refractivity contribution in [3.8, 4) is 17.6 Å². The van der Waals surface area contributed by atoms with E-state index in [1.54, 1.807) is 33.2 Å². The van der Waals surface area contributed by atoms with Gasteiger partial charge in [0.1, 0.15) is 5.75 Å². The van der Waals surface area contributed by atoms with Crippen LogP contribution in [0.3, 0.4) is 0 Å². The Labute approximate surface area is 190 Å². The van der Waals surface area contributed by atoms with Crippen LogP contribution in [-0.2, 0) is 24.7 Å². The average Bonchev–Trinajstić information content (AvgIpc) is 2.73. The van der Waals surface area contributed by atoms with Crippen LogP contribution in [0.2, 0.25) is 0 Å². The molecule has 0 aromatic heterocycles. The molecule has 1 saturated heterocycles. The number of carbonyl (C=O) groups excluding carboxylic acids is 1. The average molecular weight is 487 g/mol. The number of nitrogens with one attached hydrogen (secondary N) is 1. The number of hydroxylamine groups is 1. The monoisotopic (exact) mass is 486 g/mol. The van der Waals surface area contributed by atoms with Crippen LogP contribution in [-0.4, -0.2) is 62.5 Å². The van der Waals surface area contributed by atoms with E-state index in [0.29, 0.717) is 5.75 Å². The van der Waals surface area contributed by atoms with Gasteiger partial charge in [0, 0.05) is 13.1 Å². The van der Waals surface area contributed by atoms with E-state index in [1.165, 1.54) is 28.6 Å². The number of hydrogen-bond acceptors (Lipinski definition) is 7. The zero-order chi connectivity index (χ0) is 24.2. The molecule has 1 amide bonds. The SMILES string of the molecule is CC#CC(C)Oc1ccc(S(=O)(=O)CC2(C(=O)NO)CCN(S(=O)(=O)C(C)C)CC2)cc1. The molecule has 1 unspecified atom stereocenters. The van der Waals surface area contributed by atoms with Crippen LogP contribution < -0.4 is 10.2 Å². The third kappa shape index (κ3) is 5.81. The summed E-state index contributed by atoms with van der Waals surface area (Å²) in [6.45, 7) is 6.57. The van der Waals surface area contributed by atoms with Crippen molar-refractivity contribution in [3.05, 3.63) is 24.3 Å². The van der Waals surface area contributed by atoms with Gasteiger partial charge in [0.25, 0.3) is 5.91 Å². The van der Waals surface area contributed by atoms with Gasteiger partial charge in [0.15, 0.2) is 15.9 Å². The number of ether oxygens (including phenoxy) is 1. The number of hydrogen-bond donors (Lipinski definition) is 2. The van der Waals surface area contributed by atoms with Crippen LogP contribution in [0.1, 0.15) is 40.5 Å². The Bertz CT molecular complexity index is 1080. The molecule has 1 aliphatic heterocycles. The summed E-state index contributed by atoms with van der Waals surface area (Å²) in [6, 6.07) is 5.80. The fourth-order valence-electron chi connectivity index (χ4n) is 3.63. The second-order valence-corrected chi connectivity index (χ2v) is 12.6. The molecule has 11 heteroatoms. The van der Waals surface area contributed by atoms with Crippen molar-refractivity contribution < 1.29 is 31.6 Å². The molecular formula is C21H30N2O7S2. The molecule has 178 valence electrons. The first kappa shape index (κ1) is 26.1. The molecule has 0 aliphatic carbocycles. The summed E-state index contributed by atoms with van der Waals surface area (Å²) < 4.78 is 57.9. The predicted octanol–water partition coefficient (Wildman–Crippen LogP) is 1.58. The first-order valence-corrected chi connectivity index (χ1v) is 13.4. The summed E-state index contributed by atoms with van der Waals surface area (Å²) in [4.78, 5) is 12.5. The lowest BCUT2D eigenvalue weighted by atomic mass is 9.80. The highest BCUT2D eigenvalue weighted by Crippen LogP contribution is 2.36. The number of piperidine rings is 1. The van der Waals surface area contributed by atoms with E-state index >= 15 is 0 Å². The quantitative estimate of drug-likeness (QED) is 0.324. The lowest BCUT2D eigenvalue weighted by molar-refractivity contribution is -0.140. The van der Waals surface area contributed by atoms with E-state index in [9.17, 15) is 26.8 Å². The molecule has 1 aromatic rings. The summed E-state index contributed by atoms with van der Waals surface area (Å²) >= 11 is 0. The molecule has 1 atom stereocenters. The lowest BCUT2D eigenvalue weighted by Crippen LogP contribution is -2.53. The molecule has 2 N–H and O–H groups in total. The summed E-state index contributed by atoms with van der Waals surface area (Å²) in [5.41, 5.74) is 0.117. The van der Waals surface area contributed by atoms with Crippen molar-refractivity contribution in [2.75, 3.05) is 18.8 Å². The normalized spacial score (nSPS) is 17.8. The third-order valence-electron chi connectivity index (χ3n) is 5.53. The predicted molar refractivity (Wildman–Crippen MR) is 119 cm³/mol. The molecule has 1 fully saturated rings. The number of nitrogens with zero attached hydrogens (tertiary/aromatic N) is 1. The summed E-state index contributed by atoms with van der Waals surface area (Å²) in [6.07, 6.45) is -0.413. The van der Waals surface area contributed by atoms with Crippen molar-refractivity contribution >= 4 is 25.8 Å². The molecule has 1 aromatic carbocycles. The van der Waals surface area contributed by atoms with E-state index in [1.807, 2.05) is 0 Å². The van der Waals surface area contributed by atoms with Crippen molar-refractivity contribution in [1.29, 1.82) is 0 Å². The van der Waals surface area contributed by atoms with Gasteiger partial charge < -0.3 is 4.74 Å². The summed E-state index contributed by atoms with van der Waals surface area (Å²) in [5, 5.41) is 8.62. The minimum atomic E-state index is -3.92. The number of sulfonamides is 1. The standard InChI is InChI=1S/C21H30N2O7S2/c1-5-6-17(4)30-18-7-9-19(10-8-18)31(26,27)15-21(20(24)22-25)11-13-23(14-12-21)32(28,29)16(2)3/h7-10,16-17,25H,11-15H2,1-4H3,(H,22,24). The van der Waals surface area contributed by atoms with E-state index in [-0.39, 0.29) is 36.9 Å². The first-order valence-electron chi connectivity index (χ1n) is 10.2. The Morgan fingerprint density at radius 2 is 1.72 bits per heavy atom. The highest BCUT2D eigenvalue weighted by atomic mass is 32.2. The Morgan fingerprint density at radius 3 is 2.19 bits per heavy atom. The van der Waals surface area contributed by atoms with Crippen LogP contribution >= 0.6 is 0 Å². The van der Waals surface area contributed by atoms with Crippen LogP contribution in [0, 0.1) is 17.3 Å². The van der Waals surface area contributed by atoms with Crippen LogP contribution in [0.25, 0.3) is 0 Å². The number of benzene rings is 1. The van der Waals surface area contributed by atoms with Crippen molar-refractivity contribution in [2.24, 2.45) is 5.41 Å². The van der Waals surface area contributed by atoms with Gasteiger partial charge in [-0.1, -0.05) is 5.92 Å². The maximum Gasteiger partial charge on any atom is 0.250 e. The molecule has 0 bridgehead atoms. The van der Waals surface area contributed by atoms with E-state index in [4.69, 9.17) is 4.74 Å². The molecule has 9 nitrogen and oxygen atoms in total. The fraction of sp³-hybridized carbons (Fsp3) is 0.571. The smallest absolute Gasteiger partial charge is 0.250 e. The minimum absolute atomic E-state index is 0.00132. The highest BCUT2D eigenvalue weighted by molar-refractivity contribution is 7.91. The molecule has 1 heterocycles. The molecule has 0 radical (unpaired) electrons. The molecule has 0 spiro atoms. The van der Waals surface area contributed by atoms with Gasteiger partial charge >= 0.3 is 0 Å². The number of rotatable bonds is 8. The van der Waals surface area contributed by atoms with E-state index in [0.717, 1.165) is 0 Å². The molecule has 2 rings (SSSR count). The van der Waals surface area contributed by atoms with Crippen LogP contribution in [0.15, 0.2) is 29.2 Å². The van der Waals surface area contributed by atoms with Gasteiger partial charge in [-0.15, -0.1) is 5.92 Å². The van der Waals surface area contributed by atoms with Crippen LogP contribution in [0.4, 0.5) is 0 Å². The Kier molecular flexibility index (Phi) is 8.33. The summed E-state index contributed by atoms with van der Waals surface area (Å²) in [5.74, 6) is 4.63. The molecule has 32 heavy (non-hydrogen) atoms. The minimum Gasteiger partial charge on any atom is -0.478 e. The molecule has 0 saturated carbocycles. The van der Waals surface area contributed by atoms with Gasteiger partial charge in [-0.25, -0.2) is 26.6 Å². The van der Waals surface area contributed by atoms with Crippen molar-refractivity contribution in [3.63, 3.8) is 0 Å². The Balaban J connectivity index is 2.23. The van der Waals surface area contributed by atoms with Gasteiger partial charge in [-0.05, 0) is 64.8 Å². The Morgan fingerprint density at radius 1 is 1.16 bits per heavy atom. The zero-order valence-electron chi connectivity index (χ0n) is 18.7. The van der Waals surface area contributed by atoms with Crippen molar-refractivity contribution in [1.82, 2.24) is 9.79 Å². The largest absolute Gasteiger partial charge is 0.478 e. The van der Waals surface area contributed by atoms with E-state index < -0.39 is 42.2 Å². The zero-order valence-corrected chi connectivity index (χ0v) is 20.3. The first-order chi connectivity index (χ1) is 14.9. The fourth-order valence-corrected chi connectivity index (χ4v) is 6.78. The highest BCUT2D eigenvalue weighted by Gasteiger charge is 2.47. The van der Waals surface area contributed by atoms with Crippen LogP contribution in [0.5, 0.6) is 5.75 Å². The molecular weight excluding hydrogens is 456 g/mol. The molecule has 1 aliphatic rings. The van der Waals surface area contributed by atoms with Gasteiger partial charge in [-0.3, -0.25) is 10.0 Å². The maximum absolute atomic E-state index is 13.1. The summed E-state index contributed by atoms with van der Waals surface area (Å²) in [7, 11) is -7.45. The van der Waals surface area contributed by atoms with Gasteiger partial charge in [0.05, 0.1) is 21.3 Å². The Hall–Kier alpha value is -2.13. The maximum atomic E-state index is 13.1. The van der Waals surface area contributed by atoms with Gasteiger partial charge in [0.2, 0.25) is 10.0 Å². The topological polar surface area (TPSA) is 130 Å². The van der Waals surface area contributed by atoms with Crippen molar-refractivity contribution in [2.45, 2.75) is 56.8 Å². The number of carbonyl (C=O) groups is 1. The lowest BCUT2D eigenvalue weighted by Gasteiger charge is -2.39.